The molecule has 0 aromatic carbocycles. The highest BCUT2D eigenvalue weighted by atomic mass is 16.5. The van der Waals surface area contributed by atoms with Crippen LogP contribution in [0.3, 0.4) is 0 Å². The molecule has 3 heteroatoms. The van der Waals surface area contributed by atoms with Gasteiger partial charge >= 0.3 is 0 Å². The van der Waals surface area contributed by atoms with Crippen molar-refractivity contribution in [2.45, 2.75) is 26.7 Å². The largest absolute Gasteiger partial charge is 0.384 e. The molecule has 0 aromatic heterocycles. The normalized spacial score (nSPS) is 21.2. The molecule has 0 aliphatic carbocycles. The van der Waals surface area contributed by atoms with E-state index in [1.165, 1.54) is 39.0 Å². The number of nitrogens with zero attached hydrogens (tertiary/aromatic N) is 1. The number of ether oxygens (including phenoxy) is 1. The van der Waals surface area contributed by atoms with E-state index in [0.717, 1.165) is 19.1 Å². The van der Waals surface area contributed by atoms with E-state index in [0.29, 0.717) is 5.92 Å². The Morgan fingerprint density at radius 1 is 1.38 bits per heavy atom. The van der Waals surface area contributed by atoms with Gasteiger partial charge < -0.3 is 15.0 Å². The van der Waals surface area contributed by atoms with Crippen LogP contribution in [0.25, 0.3) is 0 Å². The Bertz CT molecular complexity index is 167. The summed E-state index contributed by atoms with van der Waals surface area (Å²) < 4.78 is 5.13. The van der Waals surface area contributed by atoms with Crippen LogP contribution in [-0.2, 0) is 4.74 Å². The number of piperidine rings is 1. The monoisotopic (exact) mass is 228 g/mol. The zero-order chi connectivity index (χ0) is 11.8. The second-order valence-corrected chi connectivity index (χ2v) is 5.10. The van der Waals surface area contributed by atoms with Crippen LogP contribution in [0.1, 0.15) is 26.7 Å². The van der Waals surface area contributed by atoms with Gasteiger partial charge in [-0.25, -0.2) is 0 Å². The summed E-state index contributed by atoms with van der Waals surface area (Å²) in [6.07, 6.45) is 2.72. The fraction of sp³-hybridized carbons (Fsp3) is 1.00. The summed E-state index contributed by atoms with van der Waals surface area (Å²) in [5, 5.41) is 3.57. The van der Waals surface area contributed by atoms with Crippen molar-refractivity contribution in [2.24, 2.45) is 11.8 Å². The van der Waals surface area contributed by atoms with Crippen LogP contribution in [0.4, 0.5) is 0 Å². The lowest BCUT2D eigenvalue weighted by Gasteiger charge is -2.31. The third-order valence-electron chi connectivity index (χ3n) is 3.53. The second kappa shape index (κ2) is 8.04. The van der Waals surface area contributed by atoms with Crippen LogP contribution in [0, 0.1) is 11.8 Å². The molecule has 1 N–H and O–H groups in total. The van der Waals surface area contributed by atoms with Gasteiger partial charge in [0.15, 0.2) is 0 Å². The first-order chi connectivity index (χ1) is 7.76. The molecule has 1 rings (SSSR count). The topological polar surface area (TPSA) is 24.5 Å². The molecular weight excluding hydrogens is 200 g/mol. The molecule has 0 bridgehead atoms. The Kier molecular flexibility index (Phi) is 7.01. The molecule has 1 saturated heterocycles. The summed E-state index contributed by atoms with van der Waals surface area (Å²) in [5.41, 5.74) is 0. The first-order valence-electron chi connectivity index (χ1n) is 6.68. The predicted octanol–water partition coefficient (Wildman–Crippen LogP) is 1.59. The lowest BCUT2D eigenvalue weighted by molar-refractivity contribution is 0.154. The van der Waals surface area contributed by atoms with E-state index in [9.17, 15) is 0 Å². The van der Waals surface area contributed by atoms with Crippen molar-refractivity contribution in [2.75, 3.05) is 46.4 Å². The summed E-state index contributed by atoms with van der Waals surface area (Å²) in [4.78, 5) is 2.55. The van der Waals surface area contributed by atoms with Crippen molar-refractivity contribution >= 4 is 0 Å². The molecule has 1 unspecified atom stereocenters. The molecule has 0 saturated carbocycles. The maximum absolute atomic E-state index is 5.13. The van der Waals surface area contributed by atoms with E-state index in [2.05, 4.69) is 24.1 Å². The third kappa shape index (κ3) is 5.28. The number of nitrogens with one attached hydrogen (secondary N) is 1. The Balaban J connectivity index is 2.02. The molecule has 1 aliphatic heterocycles. The Morgan fingerprint density at radius 2 is 2.06 bits per heavy atom. The third-order valence-corrected chi connectivity index (χ3v) is 3.53. The highest BCUT2D eigenvalue weighted by Gasteiger charge is 2.17. The van der Waals surface area contributed by atoms with Crippen LogP contribution in [-0.4, -0.2) is 51.3 Å². The quantitative estimate of drug-likeness (QED) is 0.716. The molecule has 0 aromatic rings. The fourth-order valence-electron chi connectivity index (χ4n) is 2.38. The first kappa shape index (κ1) is 13.9. The lowest BCUT2D eigenvalue weighted by Crippen LogP contribution is -2.38. The molecule has 96 valence electrons. The minimum absolute atomic E-state index is 0.626. The highest BCUT2D eigenvalue weighted by molar-refractivity contribution is 4.73. The molecule has 16 heavy (non-hydrogen) atoms. The van der Waals surface area contributed by atoms with E-state index < -0.39 is 0 Å². The van der Waals surface area contributed by atoms with Gasteiger partial charge in [-0.2, -0.15) is 0 Å². The van der Waals surface area contributed by atoms with Crippen molar-refractivity contribution < 1.29 is 4.74 Å². The minimum atomic E-state index is 0.626. The summed E-state index contributed by atoms with van der Waals surface area (Å²) in [5.74, 6) is 1.51. The average Bonchev–Trinajstić information content (AvgIpc) is 2.30. The molecule has 1 fully saturated rings. The molecule has 0 spiro atoms. The molecule has 1 atom stereocenters. The van der Waals surface area contributed by atoms with Crippen molar-refractivity contribution in [3.63, 3.8) is 0 Å². The van der Waals surface area contributed by atoms with E-state index in [1.807, 2.05) is 0 Å². The van der Waals surface area contributed by atoms with Gasteiger partial charge in [0.05, 0.1) is 0 Å². The Labute approximate surface area is 101 Å². The van der Waals surface area contributed by atoms with Crippen LogP contribution in [0.5, 0.6) is 0 Å². The zero-order valence-corrected chi connectivity index (χ0v) is 11.2. The molecule has 0 radical (unpaired) electrons. The lowest BCUT2D eigenvalue weighted by atomic mass is 9.96. The van der Waals surface area contributed by atoms with Gasteiger partial charge in [0.2, 0.25) is 0 Å². The van der Waals surface area contributed by atoms with E-state index >= 15 is 0 Å². The maximum atomic E-state index is 5.13. The molecule has 3 nitrogen and oxygen atoms in total. The van der Waals surface area contributed by atoms with Crippen molar-refractivity contribution in [1.29, 1.82) is 0 Å². The van der Waals surface area contributed by atoms with E-state index in [4.69, 9.17) is 4.74 Å². The van der Waals surface area contributed by atoms with Crippen LogP contribution in [0.15, 0.2) is 0 Å². The molecule has 1 aliphatic rings. The van der Waals surface area contributed by atoms with E-state index in [-0.39, 0.29) is 0 Å². The van der Waals surface area contributed by atoms with Crippen molar-refractivity contribution in [3.05, 3.63) is 0 Å². The minimum Gasteiger partial charge on any atom is -0.384 e. The van der Waals surface area contributed by atoms with E-state index in [1.54, 1.807) is 7.11 Å². The van der Waals surface area contributed by atoms with Gasteiger partial charge in [0.1, 0.15) is 0 Å². The molecule has 0 amide bonds. The number of likely N-dealkylation sites (tertiary alicyclic amines) is 1. The number of methoxy groups -OCH3 is 1. The first-order valence-corrected chi connectivity index (χ1v) is 6.68. The fourth-order valence-corrected chi connectivity index (χ4v) is 2.38. The Morgan fingerprint density at radius 3 is 2.62 bits per heavy atom. The molecular formula is C13H28N2O. The van der Waals surface area contributed by atoms with Crippen molar-refractivity contribution in [1.82, 2.24) is 10.2 Å². The van der Waals surface area contributed by atoms with Gasteiger partial charge in [0.25, 0.3) is 0 Å². The van der Waals surface area contributed by atoms with Gasteiger partial charge in [-0.15, -0.1) is 0 Å². The van der Waals surface area contributed by atoms with Crippen LogP contribution in [0.2, 0.25) is 0 Å². The standard InChI is InChI=1S/C13H28N2O/c1-4-15-7-5-13(6-8-15)10-14-9-12(2)11-16-3/h12-14H,4-11H2,1-3H3. The number of hydrogen-bond donors (Lipinski definition) is 1. The predicted molar refractivity (Wildman–Crippen MR) is 68.7 cm³/mol. The summed E-state index contributed by atoms with van der Waals surface area (Å²) in [6.45, 7) is 11.4. The van der Waals surface area contributed by atoms with Crippen LogP contribution < -0.4 is 5.32 Å². The number of hydrogen-bond acceptors (Lipinski definition) is 3. The smallest absolute Gasteiger partial charge is 0.0499 e. The SMILES string of the molecule is CCN1CCC(CNCC(C)COC)CC1. The highest BCUT2D eigenvalue weighted by Crippen LogP contribution is 2.15. The summed E-state index contributed by atoms with van der Waals surface area (Å²) >= 11 is 0. The summed E-state index contributed by atoms with van der Waals surface area (Å²) in [7, 11) is 1.77. The van der Waals surface area contributed by atoms with Gasteiger partial charge in [-0.1, -0.05) is 13.8 Å². The van der Waals surface area contributed by atoms with Gasteiger partial charge in [-0.05, 0) is 57.4 Å². The maximum Gasteiger partial charge on any atom is 0.0499 e. The molecule has 1 heterocycles. The zero-order valence-electron chi connectivity index (χ0n) is 11.2. The Hall–Kier alpha value is -0.120. The average molecular weight is 228 g/mol. The van der Waals surface area contributed by atoms with Gasteiger partial charge in [-0.3, -0.25) is 0 Å². The van der Waals surface area contributed by atoms with Crippen LogP contribution >= 0.6 is 0 Å². The summed E-state index contributed by atoms with van der Waals surface area (Å²) in [6, 6.07) is 0. The van der Waals surface area contributed by atoms with Gasteiger partial charge in [0, 0.05) is 13.7 Å². The number of rotatable bonds is 7. The second-order valence-electron chi connectivity index (χ2n) is 5.10. The van der Waals surface area contributed by atoms with Crippen molar-refractivity contribution in [3.8, 4) is 0 Å².